The summed E-state index contributed by atoms with van der Waals surface area (Å²) in [4.78, 5) is 17.6. The van der Waals surface area contributed by atoms with Crippen LogP contribution in [0.15, 0.2) is 48.9 Å². The summed E-state index contributed by atoms with van der Waals surface area (Å²) in [5, 5.41) is 8.24. The summed E-state index contributed by atoms with van der Waals surface area (Å²) in [6.45, 7) is 2.98. The lowest BCUT2D eigenvalue weighted by Crippen LogP contribution is -2.36. The lowest BCUT2D eigenvalue weighted by Gasteiger charge is -2.28. The molecule has 1 aromatic carbocycles. The molecule has 1 aliphatic rings. The molecule has 5 aromatic rings. The number of anilines is 1. The van der Waals surface area contributed by atoms with Crippen LogP contribution in [0.1, 0.15) is 0 Å². The van der Waals surface area contributed by atoms with Gasteiger partial charge in [-0.25, -0.2) is 9.97 Å². The quantitative estimate of drug-likeness (QED) is 0.446. The highest BCUT2D eigenvalue weighted by Crippen LogP contribution is 2.41. The van der Waals surface area contributed by atoms with Gasteiger partial charge in [-0.05, 0) is 18.2 Å². The molecule has 0 unspecified atom stereocenters. The van der Waals surface area contributed by atoms with Crippen molar-refractivity contribution in [1.82, 2.24) is 25.1 Å². The highest BCUT2D eigenvalue weighted by Gasteiger charge is 2.22. The summed E-state index contributed by atoms with van der Waals surface area (Å²) >= 11 is 1.68. The van der Waals surface area contributed by atoms with Crippen LogP contribution in [0.25, 0.3) is 42.9 Å². The number of nitrogens with one attached hydrogen (secondary N) is 1. The summed E-state index contributed by atoms with van der Waals surface area (Å²) in [6, 6.07) is 10.1. The number of H-pyrrole nitrogens is 1. The van der Waals surface area contributed by atoms with Crippen molar-refractivity contribution >= 4 is 38.3 Å². The molecule has 1 N–H and O–H groups in total. The van der Waals surface area contributed by atoms with Crippen LogP contribution in [-0.2, 0) is 4.74 Å². The van der Waals surface area contributed by atoms with E-state index >= 15 is 0 Å². The zero-order valence-corrected chi connectivity index (χ0v) is 18.2. The van der Waals surface area contributed by atoms with E-state index in [1.54, 1.807) is 30.8 Å². The first-order valence-electron chi connectivity index (χ1n) is 10.4. The second kappa shape index (κ2) is 7.85. The van der Waals surface area contributed by atoms with Crippen molar-refractivity contribution in [3.8, 4) is 27.6 Å². The molecule has 0 bridgehead atoms. The third-order valence-corrected chi connectivity index (χ3v) is 6.81. The van der Waals surface area contributed by atoms with Crippen molar-refractivity contribution in [1.29, 1.82) is 0 Å². The largest absolute Gasteiger partial charge is 0.494 e. The van der Waals surface area contributed by atoms with Crippen molar-refractivity contribution in [3.63, 3.8) is 0 Å². The maximum absolute atomic E-state index is 5.58. The van der Waals surface area contributed by atoms with Crippen LogP contribution in [0.2, 0.25) is 0 Å². The zero-order valence-electron chi connectivity index (χ0n) is 17.4. The van der Waals surface area contributed by atoms with E-state index in [0.717, 1.165) is 61.8 Å². The zero-order chi connectivity index (χ0) is 21.5. The third-order valence-electron chi connectivity index (χ3n) is 5.66. The Morgan fingerprint density at radius 1 is 1.09 bits per heavy atom. The Morgan fingerprint density at radius 2 is 2.00 bits per heavy atom. The Morgan fingerprint density at radius 3 is 2.88 bits per heavy atom. The standard InChI is InChI=1S/C23H20N6O2S/c1-30-19-13-24-6-5-15(19)20-11-18-21(32-20)23(29-7-9-31-10-8-29)27-22(26-18)14-3-2-4-17-16(14)12-25-28-17/h2-6,11-13H,7-10H2,1H3,(H,25,28). The van der Waals surface area contributed by atoms with E-state index in [0.29, 0.717) is 19.0 Å². The van der Waals surface area contributed by atoms with E-state index in [1.165, 1.54) is 0 Å². The first-order chi connectivity index (χ1) is 15.8. The Kier molecular flexibility index (Phi) is 4.70. The molecule has 0 aliphatic carbocycles. The molecule has 1 saturated heterocycles. The fourth-order valence-electron chi connectivity index (χ4n) is 4.07. The maximum atomic E-state index is 5.58. The number of ether oxygens (including phenoxy) is 2. The second-order valence-electron chi connectivity index (χ2n) is 7.51. The minimum atomic E-state index is 0.689. The number of nitrogens with zero attached hydrogens (tertiary/aromatic N) is 5. The van der Waals surface area contributed by atoms with Gasteiger partial charge in [0.1, 0.15) is 5.75 Å². The molecule has 0 amide bonds. The van der Waals surface area contributed by atoms with E-state index in [-0.39, 0.29) is 0 Å². The van der Waals surface area contributed by atoms with Gasteiger partial charge in [-0.15, -0.1) is 11.3 Å². The molecule has 32 heavy (non-hydrogen) atoms. The molecule has 5 heterocycles. The van der Waals surface area contributed by atoms with Gasteiger partial charge < -0.3 is 14.4 Å². The van der Waals surface area contributed by atoms with Gasteiger partial charge in [-0.3, -0.25) is 10.1 Å². The van der Waals surface area contributed by atoms with Gasteiger partial charge in [-0.2, -0.15) is 5.10 Å². The fourth-order valence-corrected chi connectivity index (χ4v) is 5.21. The van der Waals surface area contributed by atoms with Crippen LogP contribution in [-0.4, -0.2) is 58.6 Å². The van der Waals surface area contributed by atoms with Crippen LogP contribution in [0, 0.1) is 0 Å². The lowest BCUT2D eigenvalue weighted by atomic mass is 10.1. The molecule has 0 atom stereocenters. The molecular formula is C23H20N6O2S. The average molecular weight is 445 g/mol. The lowest BCUT2D eigenvalue weighted by molar-refractivity contribution is 0.122. The van der Waals surface area contributed by atoms with Crippen LogP contribution < -0.4 is 9.64 Å². The number of morpholine rings is 1. The third kappa shape index (κ3) is 3.17. The molecule has 1 fully saturated rings. The van der Waals surface area contributed by atoms with Gasteiger partial charge in [0.05, 0.1) is 48.5 Å². The monoisotopic (exact) mass is 444 g/mol. The number of hydrogen-bond acceptors (Lipinski definition) is 8. The van der Waals surface area contributed by atoms with Crippen molar-refractivity contribution in [2.45, 2.75) is 0 Å². The summed E-state index contributed by atoms with van der Waals surface area (Å²) in [6.07, 6.45) is 5.34. The first kappa shape index (κ1) is 19.1. The van der Waals surface area contributed by atoms with Crippen molar-refractivity contribution in [3.05, 3.63) is 48.9 Å². The van der Waals surface area contributed by atoms with Crippen LogP contribution in [0.4, 0.5) is 5.82 Å². The molecule has 1 aliphatic heterocycles. The van der Waals surface area contributed by atoms with Crippen molar-refractivity contribution in [2.75, 3.05) is 38.3 Å². The van der Waals surface area contributed by atoms with Gasteiger partial charge in [0.25, 0.3) is 0 Å². The predicted octanol–water partition coefficient (Wildman–Crippen LogP) is 4.14. The average Bonchev–Trinajstić information content (AvgIpc) is 3.51. The van der Waals surface area contributed by atoms with E-state index in [1.807, 2.05) is 30.5 Å². The van der Waals surface area contributed by atoms with Crippen molar-refractivity contribution < 1.29 is 9.47 Å². The number of methoxy groups -OCH3 is 1. The molecule has 0 saturated carbocycles. The minimum Gasteiger partial charge on any atom is -0.494 e. The Hall–Kier alpha value is -3.56. The number of rotatable bonds is 4. The fraction of sp³-hybridized carbons (Fsp3) is 0.217. The normalized spacial score (nSPS) is 14.3. The van der Waals surface area contributed by atoms with Gasteiger partial charge in [-0.1, -0.05) is 12.1 Å². The maximum Gasteiger partial charge on any atom is 0.162 e. The van der Waals surface area contributed by atoms with Gasteiger partial charge in [0, 0.05) is 40.7 Å². The SMILES string of the molecule is COc1cnccc1-c1cc2nc(-c3cccc4[nH]ncc34)nc(N3CCOCC3)c2s1. The Bertz CT molecular complexity index is 1420. The molecule has 4 aromatic heterocycles. The van der Waals surface area contributed by atoms with E-state index in [2.05, 4.69) is 26.1 Å². The summed E-state index contributed by atoms with van der Waals surface area (Å²) in [7, 11) is 1.66. The number of aromatic nitrogens is 5. The van der Waals surface area contributed by atoms with Crippen LogP contribution in [0.3, 0.4) is 0 Å². The first-order valence-corrected chi connectivity index (χ1v) is 11.2. The molecule has 9 heteroatoms. The smallest absolute Gasteiger partial charge is 0.162 e. The molecule has 0 spiro atoms. The van der Waals surface area contributed by atoms with Gasteiger partial charge in [0.15, 0.2) is 11.6 Å². The van der Waals surface area contributed by atoms with Crippen molar-refractivity contribution in [2.24, 2.45) is 0 Å². The predicted molar refractivity (Wildman–Crippen MR) is 125 cm³/mol. The van der Waals surface area contributed by atoms with Gasteiger partial charge >= 0.3 is 0 Å². The number of thiophene rings is 1. The van der Waals surface area contributed by atoms with E-state index in [4.69, 9.17) is 19.4 Å². The number of pyridine rings is 1. The number of benzene rings is 1. The molecular weight excluding hydrogens is 424 g/mol. The summed E-state index contributed by atoms with van der Waals surface area (Å²) in [5.41, 5.74) is 3.83. The van der Waals surface area contributed by atoms with Crippen LogP contribution >= 0.6 is 11.3 Å². The molecule has 0 radical (unpaired) electrons. The molecule has 8 nitrogen and oxygen atoms in total. The Balaban J connectivity index is 1.58. The number of fused-ring (bicyclic) bond motifs is 2. The van der Waals surface area contributed by atoms with E-state index < -0.39 is 0 Å². The van der Waals surface area contributed by atoms with Crippen LogP contribution in [0.5, 0.6) is 5.75 Å². The highest BCUT2D eigenvalue weighted by molar-refractivity contribution is 7.22. The second-order valence-corrected chi connectivity index (χ2v) is 8.56. The number of aromatic amines is 1. The summed E-state index contributed by atoms with van der Waals surface area (Å²) < 4.78 is 12.2. The minimum absolute atomic E-state index is 0.689. The summed E-state index contributed by atoms with van der Waals surface area (Å²) in [5.74, 6) is 2.37. The number of hydrogen-bond donors (Lipinski definition) is 1. The van der Waals surface area contributed by atoms with Gasteiger partial charge in [0.2, 0.25) is 0 Å². The Labute approximate surface area is 187 Å². The molecule has 6 rings (SSSR count). The molecule has 160 valence electrons. The topological polar surface area (TPSA) is 89.1 Å². The van der Waals surface area contributed by atoms with E-state index in [9.17, 15) is 0 Å². The highest BCUT2D eigenvalue weighted by atomic mass is 32.1.